The minimum absolute atomic E-state index is 0.0985. The maximum absolute atomic E-state index is 12.5. The van der Waals surface area contributed by atoms with E-state index in [1.165, 1.54) is 0 Å². The molecule has 0 spiro atoms. The molecule has 0 bridgehead atoms. The van der Waals surface area contributed by atoms with Gasteiger partial charge in [-0.1, -0.05) is 30.3 Å². The molecule has 1 fully saturated rings. The smallest absolute Gasteiger partial charge is 0.252 e. The summed E-state index contributed by atoms with van der Waals surface area (Å²) in [7, 11) is 1.69. The summed E-state index contributed by atoms with van der Waals surface area (Å²) in [6, 6.07) is 12.5. The van der Waals surface area contributed by atoms with Gasteiger partial charge in [0.05, 0.1) is 18.8 Å². The van der Waals surface area contributed by atoms with E-state index in [1.807, 2.05) is 30.3 Å². The Hall–Kier alpha value is -2.60. The fraction of sp³-hybridized carbons (Fsp3) is 0.294. The van der Waals surface area contributed by atoms with Gasteiger partial charge in [-0.15, -0.1) is 0 Å². The van der Waals surface area contributed by atoms with Crippen LogP contribution in [-0.4, -0.2) is 36.5 Å². The number of amides is 2. The minimum Gasteiger partial charge on any atom is -0.467 e. The van der Waals surface area contributed by atoms with Crippen molar-refractivity contribution < 1.29 is 18.7 Å². The molecule has 6 heteroatoms. The van der Waals surface area contributed by atoms with Crippen LogP contribution in [-0.2, 0) is 20.9 Å². The van der Waals surface area contributed by atoms with Gasteiger partial charge in [-0.3, -0.25) is 9.59 Å². The Morgan fingerprint density at radius 1 is 1.26 bits per heavy atom. The molecule has 0 saturated carbocycles. The van der Waals surface area contributed by atoms with Crippen LogP contribution in [0.5, 0.6) is 0 Å². The van der Waals surface area contributed by atoms with E-state index in [9.17, 15) is 9.59 Å². The van der Waals surface area contributed by atoms with Crippen molar-refractivity contribution in [2.75, 3.05) is 13.7 Å². The van der Waals surface area contributed by atoms with Crippen molar-refractivity contribution in [2.45, 2.75) is 18.7 Å². The molecule has 1 saturated heterocycles. The Labute approximate surface area is 134 Å². The van der Waals surface area contributed by atoms with Crippen LogP contribution in [0.25, 0.3) is 0 Å². The lowest BCUT2D eigenvalue weighted by Gasteiger charge is -2.38. The fourth-order valence-electron chi connectivity index (χ4n) is 2.67. The highest BCUT2D eigenvalue weighted by Gasteiger charge is 2.39. The number of hydrogen-bond donors (Lipinski definition) is 1. The number of carbonyl (C=O) groups is 2. The predicted octanol–water partition coefficient (Wildman–Crippen LogP) is 1.49. The van der Waals surface area contributed by atoms with E-state index in [2.05, 4.69) is 5.32 Å². The number of likely N-dealkylation sites (N-methyl/N-ethyl adjacent to an activating group) is 1. The summed E-state index contributed by atoms with van der Waals surface area (Å²) < 4.78 is 10.7. The second kappa shape index (κ2) is 6.66. The molecule has 1 aliphatic rings. The van der Waals surface area contributed by atoms with E-state index in [4.69, 9.17) is 9.15 Å². The van der Waals surface area contributed by atoms with Crippen molar-refractivity contribution in [3.05, 3.63) is 60.1 Å². The van der Waals surface area contributed by atoms with Crippen molar-refractivity contribution in [3.63, 3.8) is 0 Å². The van der Waals surface area contributed by atoms with Crippen molar-refractivity contribution in [2.24, 2.45) is 0 Å². The molecule has 3 rings (SSSR count). The average molecular weight is 314 g/mol. The normalized spacial score (nSPS) is 21.3. The van der Waals surface area contributed by atoms with E-state index < -0.39 is 12.1 Å². The van der Waals surface area contributed by atoms with Crippen LogP contribution in [0.1, 0.15) is 17.4 Å². The third-order valence-corrected chi connectivity index (χ3v) is 3.90. The molecule has 6 nitrogen and oxygen atoms in total. The van der Waals surface area contributed by atoms with Crippen LogP contribution in [0.3, 0.4) is 0 Å². The van der Waals surface area contributed by atoms with Gasteiger partial charge in [-0.05, 0) is 17.7 Å². The van der Waals surface area contributed by atoms with Crippen molar-refractivity contribution in [1.82, 2.24) is 10.2 Å². The Morgan fingerprint density at radius 3 is 2.74 bits per heavy atom. The van der Waals surface area contributed by atoms with E-state index in [1.54, 1.807) is 30.3 Å². The highest BCUT2D eigenvalue weighted by molar-refractivity contribution is 5.86. The number of hydrogen-bond acceptors (Lipinski definition) is 4. The van der Waals surface area contributed by atoms with Gasteiger partial charge in [0.2, 0.25) is 5.91 Å². The van der Waals surface area contributed by atoms with Crippen molar-refractivity contribution in [1.29, 1.82) is 0 Å². The van der Waals surface area contributed by atoms with Crippen LogP contribution in [0, 0.1) is 0 Å². The minimum atomic E-state index is -0.755. The van der Waals surface area contributed by atoms with Gasteiger partial charge in [0, 0.05) is 7.05 Å². The zero-order chi connectivity index (χ0) is 16.2. The number of nitrogens with one attached hydrogen (secondary N) is 1. The summed E-state index contributed by atoms with van der Waals surface area (Å²) >= 11 is 0. The summed E-state index contributed by atoms with van der Waals surface area (Å²) in [6.07, 6.45) is 0.799. The van der Waals surface area contributed by atoms with E-state index in [-0.39, 0.29) is 25.0 Å². The van der Waals surface area contributed by atoms with Gasteiger partial charge >= 0.3 is 0 Å². The van der Waals surface area contributed by atoms with Gasteiger partial charge in [0.15, 0.2) is 6.10 Å². The molecule has 0 radical (unpaired) electrons. The lowest BCUT2D eigenvalue weighted by Crippen LogP contribution is -2.52. The highest BCUT2D eigenvalue weighted by Crippen LogP contribution is 2.29. The van der Waals surface area contributed by atoms with Gasteiger partial charge in [0.25, 0.3) is 5.91 Å². The maximum atomic E-state index is 12.5. The largest absolute Gasteiger partial charge is 0.467 e. The SMILES string of the molecule is CN1C(=O)CO[C@H](C(=O)NCc2ccco2)[C@@H]1c1ccccc1. The second-order valence-corrected chi connectivity index (χ2v) is 5.39. The fourth-order valence-corrected chi connectivity index (χ4v) is 2.67. The first-order valence-electron chi connectivity index (χ1n) is 7.39. The third-order valence-electron chi connectivity index (χ3n) is 3.90. The van der Waals surface area contributed by atoms with E-state index >= 15 is 0 Å². The summed E-state index contributed by atoms with van der Waals surface area (Å²) in [5, 5.41) is 2.79. The number of carbonyl (C=O) groups excluding carboxylic acids is 2. The third kappa shape index (κ3) is 3.27. The summed E-state index contributed by atoms with van der Waals surface area (Å²) in [6.45, 7) is 0.184. The first kappa shape index (κ1) is 15.3. The number of ether oxygens (including phenoxy) is 1. The molecule has 120 valence electrons. The number of morpholine rings is 1. The molecule has 2 atom stereocenters. The predicted molar refractivity (Wildman–Crippen MR) is 82.2 cm³/mol. The lowest BCUT2D eigenvalue weighted by molar-refractivity contribution is -0.162. The summed E-state index contributed by atoms with van der Waals surface area (Å²) in [4.78, 5) is 26.0. The molecule has 1 aromatic heterocycles. The number of rotatable bonds is 4. The molecule has 2 heterocycles. The van der Waals surface area contributed by atoms with E-state index in [0.717, 1.165) is 5.56 Å². The topological polar surface area (TPSA) is 71.8 Å². The molecule has 23 heavy (non-hydrogen) atoms. The number of furan rings is 1. The monoisotopic (exact) mass is 314 g/mol. The quantitative estimate of drug-likeness (QED) is 0.928. The first-order chi connectivity index (χ1) is 11.2. The zero-order valence-corrected chi connectivity index (χ0v) is 12.8. The van der Waals surface area contributed by atoms with Crippen LogP contribution < -0.4 is 5.32 Å². The van der Waals surface area contributed by atoms with Crippen molar-refractivity contribution in [3.8, 4) is 0 Å². The molecule has 0 unspecified atom stereocenters. The Balaban J connectivity index is 1.77. The van der Waals surface area contributed by atoms with Crippen LogP contribution in [0.4, 0.5) is 0 Å². The average Bonchev–Trinajstić information content (AvgIpc) is 3.09. The Kier molecular flexibility index (Phi) is 4.43. The van der Waals surface area contributed by atoms with Gasteiger partial charge in [-0.2, -0.15) is 0 Å². The number of nitrogens with zero attached hydrogens (tertiary/aromatic N) is 1. The second-order valence-electron chi connectivity index (χ2n) is 5.39. The molecule has 1 aliphatic heterocycles. The Morgan fingerprint density at radius 2 is 2.04 bits per heavy atom. The van der Waals surface area contributed by atoms with Crippen LogP contribution in [0.15, 0.2) is 53.1 Å². The molecular weight excluding hydrogens is 296 g/mol. The number of benzene rings is 1. The molecule has 2 amide bonds. The van der Waals surface area contributed by atoms with Crippen LogP contribution >= 0.6 is 0 Å². The molecule has 2 aromatic rings. The standard InChI is InChI=1S/C17H18N2O4/c1-19-14(20)11-23-16(15(19)12-6-3-2-4-7-12)17(21)18-10-13-8-5-9-22-13/h2-9,15-16H,10-11H2,1H3,(H,18,21)/t15-,16-/m0/s1. The van der Waals surface area contributed by atoms with Crippen LogP contribution in [0.2, 0.25) is 0 Å². The Bertz CT molecular complexity index is 669. The first-order valence-corrected chi connectivity index (χ1v) is 7.39. The maximum Gasteiger partial charge on any atom is 0.252 e. The van der Waals surface area contributed by atoms with E-state index in [0.29, 0.717) is 5.76 Å². The molecule has 0 aliphatic carbocycles. The zero-order valence-electron chi connectivity index (χ0n) is 12.8. The van der Waals surface area contributed by atoms with Gasteiger partial charge in [-0.25, -0.2) is 0 Å². The summed E-state index contributed by atoms with van der Waals surface area (Å²) in [5.41, 5.74) is 0.862. The highest BCUT2D eigenvalue weighted by atomic mass is 16.5. The van der Waals surface area contributed by atoms with Crippen molar-refractivity contribution >= 4 is 11.8 Å². The molecular formula is C17H18N2O4. The molecule has 1 N–H and O–H groups in total. The molecule has 1 aromatic carbocycles. The van der Waals surface area contributed by atoms with Gasteiger partial charge in [0.1, 0.15) is 12.4 Å². The van der Waals surface area contributed by atoms with Gasteiger partial charge < -0.3 is 19.4 Å². The summed E-state index contributed by atoms with van der Waals surface area (Å²) in [5.74, 6) is 0.249. The lowest BCUT2D eigenvalue weighted by atomic mass is 9.97.